The van der Waals surface area contributed by atoms with Gasteiger partial charge >= 0.3 is 5.69 Å². The van der Waals surface area contributed by atoms with E-state index in [1.165, 1.54) is 6.07 Å². The third-order valence-electron chi connectivity index (χ3n) is 7.10. The fourth-order valence-electron chi connectivity index (χ4n) is 5.22. The van der Waals surface area contributed by atoms with Gasteiger partial charge in [0.15, 0.2) is 17.4 Å². The molecule has 2 aromatic carbocycles. The highest BCUT2D eigenvalue weighted by atomic mass is 35.5. The predicted octanol–water partition coefficient (Wildman–Crippen LogP) is 6.01. The molecule has 3 heterocycles. The zero-order chi connectivity index (χ0) is 24.9. The van der Waals surface area contributed by atoms with Crippen LogP contribution in [0.5, 0.6) is 17.4 Å². The number of fused-ring (bicyclic) bond motifs is 3. The lowest BCUT2D eigenvalue weighted by Crippen LogP contribution is -2.43. The van der Waals surface area contributed by atoms with Gasteiger partial charge in [-0.2, -0.15) is 4.98 Å². The second kappa shape index (κ2) is 8.82. The molecule has 9 heteroatoms. The molecule has 0 amide bonds. The SMILES string of the molecule is CCC12CCC(C)N1c1cc(OCc3cc(F)c(Oc4ccc(Cl)c(C)c4)c(F)c3)nc(=O)n1C2. The van der Waals surface area contributed by atoms with Gasteiger partial charge in [0.2, 0.25) is 5.88 Å². The quantitative estimate of drug-likeness (QED) is 0.414. The van der Waals surface area contributed by atoms with Gasteiger partial charge in [-0.3, -0.25) is 4.57 Å². The van der Waals surface area contributed by atoms with Crippen LogP contribution in [0, 0.1) is 18.6 Å². The molecule has 184 valence electrons. The number of nitrogens with zero attached hydrogens (tertiary/aromatic N) is 3. The summed E-state index contributed by atoms with van der Waals surface area (Å²) in [7, 11) is 0. The normalized spacial score (nSPS) is 20.6. The molecule has 0 saturated carbocycles. The summed E-state index contributed by atoms with van der Waals surface area (Å²) in [4.78, 5) is 19.1. The third-order valence-corrected chi connectivity index (χ3v) is 7.52. The summed E-state index contributed by atoms with van der Waals surface area (Å²) in [5.74, 6) is -1.05. The molecular weight excluding hydrogens is 476 g/mol. The monoisotopic (exact) mass is 501 g/mol. The van der Waals surface area contributed by atoms with Crippen LogP contribution in [0.2, 0.25) is 5.02 Å². The number of benzene rings is 2. The molecule has 0 spiro atoms. The Morgan fingerprint density at radius 1 is 1.20 bits per heavy atom. The Hall–Kier alpha value is -3.13. The molecule has 2 unspecified atom stereocenters. The van der Waals surface area contributed by atoms with Crippen molar-refractivity contribution in [2.75, 3.05) is 4.90 Å². The highest BCUT2D eigenvalue weighted by Crippen LogP contribution is 2.46. The first-order chi connectivity index (χ1) is 16.7. The van der Waals surface area contributed by atoms with E-state index in [2.05, 4.69) is 23.7 Å². The topological polar surface area (TPSA) is 56.6 Å². The number of aryl methyl sites for hydroxylation is 1. The fraction of sp³-hybridized carbons (Fsp3) is 0.385. The molecule has 6 nitrogen and oxygen atoms in total. The molecule has 2 aliphatic heterocycles. The molecule has 3 aromatic rings. The molecule has 1 aromatic heterocycles. The van der Waals surface area contributed by atoms with Crippen molar-refractivity contribution < 1.29 is 18.3 Å². The number of aromatic nitrogens is 2. The Balaban J connectivity index is 1.35. The van der Waals surface area contributed by atoms with Crippen molar-refractivity contribution in [1.29, 1.82) is 0 Å². The standard InChI is InChI=1S/C26H26ClF2N3O3/c1-4-26-8-7-16(3)32(26)23-12-22(30-25(33)31(23)14-26)34-13-17-10-20(28)24(21(29)11-17)35-18-5-6-19(27)15(2)9-18/h5-6,9-12,16H,4,7-8,13-14H2,1-3H3. The molecule has 35 heavy (non-hydrogen) atoms. The number of ether oxygens (including phenoxy) is 2. The van der Waals surface area contributed by atoms with Crippen LogP contribution in [-0.4, -0.2) is 21.1 Å². The van der Waals surface area contributed by atoms with Crippen LogP contribution < -0.4 is 20.1 Å². The van der Waals surface area contributed by atoms with Crippen LogP contribution in [0.15, 0.2) is 41.2 Å². The van der Waals surface area contributed by atoms with Gasteiger partial charge in [0.25, 0.3) is 0 Å². The number of hydrogen-bond donors (Lipinski definition) is 0. The molecule has 1 fully saturated rings. The van der Waals surface area contributed by atoms with Gasteiger partial charge < -0.3 is 14.4 Å². The van der Waals surface area contributed by atoms with Crippen LogP contribution in [0.25, 0.3) is 0 Å². The first-order valence-electron chi connectivity index (χ1n) is 11.7. The zero-order valence-corrected chi connectivity index (χ0v) is 20.5. The Morgan fingerprint density at radius 3 is 2.63 bits per heavy atom. The molecule has 0 bridgehead atoms. The Labute approximate surface area is 207 Å². The summed E-state index contributed by atoms with van der Waals surface area (Å²) in [6.07, 6.45) is 3.00. The van der Waals surface area contributed by atoms with E-state index in [0.717, 1.165) is 42.8 Å². The van der Waals surface area contributed by atoms with E-state index in [-0.39, 0.29) is 35.0 Å². The van der Waals surface area contributed by atoms with Crippen LogP contribution >= 0.6 is 11.6 Å². The lowest BCUT2D eigenvalue weighted by molar-refractivity contribution is 0.289. The van der Waals surface area contributed by atoms with E-state index in [0.29, 0.717) is 17.6 Å². The molecule has 1 saturated heterocycles. The second-order valence-corrected chi connectivity index (χ2v) is 9.75. The minimum Gasteiger partial charge on any atom is -0.473 e. The van der Waals surface area contributed by atoms with Gasteiger partial charge in [-0.25, -0.2) is 13.6 Å². The zero-order valence-electron chi connectivity index (χ0n) is 19.8. The van der Waals surface area contributed by atoms with Crippen LogP contribution in [0.4, 0.5) is 14.6 Å². The molecule has 0 aliphatic carbocycles. The summed E-state index contributed by atoms with van der Waals surface area (Å²) < 4.78 is 42.2. The smallest absolute Gasteiger partial charge is 0.352 e. The van der Waals surface area contributed by atoms with Gasteiger partial charge in [0.05, 0.1) is 12.1 Å². The maximum absolute atomic E-state index is 14.7. The van der Waals surface area contributed by atoms with Gasteiger partial charge in [0, 0.05) is 17.1 Å². The predicted molar refractivity (Wildman–Crippen MR) is 130 cm³/mol. The van der Waals surface area contributed by atoms with Gasteiger partial charge in [-0.05, 0) is 74.6 Å². The van der Waals surface area contributed by atoms with Crippen molar-refractivity contribution >= 4 is 17.4 Å². The number of rotatable bonds is 6. The minimum atomic E-state index is -0.864. The summed E-state index contributed by atoms with van der Waals surface area (Å²) in [6, 6.07) is 9.08. The lowest BCUT2D eigenvalue weighted by atomic mass is 9.94. The van der Waals surface area contributed by atoms with E-state index in [4.69, 9.17) is 21.1 Å². The summed E-state index contributed by atoms with van der Waals surface area (Å²) in [5, 5.41) is 0.533. The summed E-state index contributed by atoms with van der Waals surface area (Å²) in [6.45, 7) is 6.52. The molecule has 2 aliphatic rings. The number of halogens is 3. The molecule has 0 radical (unpaired) electrons. The summed E-state index contributed by atoms with van der Waals surface area (Å²) >= 11 is 5.99. The molecule has 2 atom stereocenters. The molecule has 0 N–H and O–H groups in total. The van der Waals surface area contributed by atoms with E-state index in [1.807, 2.05) is 0 Å². The fourth-order valence-corrected chi connectivity index (χ4v) is 5.33. The lowest BCUT2D eigenvalue weighted by Gasteiger charge is -2.34. The van der Waals surface area contributed by atoms with E-state index in [9.17, 15) is 13.6 Å². The first kappa shape index (κ1) is 23.6. The Kier molecular flexibility index (Phi) is 5.95. The van der Waals surface area contributed by atoms with Crippen LogP contribution in [-0.2, 0) is 13.2 Å². The average Bonchev–Trinajstić information content (AvgIpc) is 3.33. The minimum absolute atomic E-state index is 0.0728. The van der Waals surface area contributed by atoms with E-state index in [1.54, 1.807) is 29.7 Å². The van der Waals surface area contributed by atoms with Crippen molar-refractivity contribution in [2.45, 2.75) is 64.8 Å². The maximum Gasteiger partial charge on any atom is 0.352 e. The molecule has 5 rings (SSSR count). The van der Waals surface area contributed by atoms with Crippen molar-refractivity contribution in [1.82, 2.24) is 9.55 Å². The Morgan fingerprint density at radius 2 is 1.94 bits per heavy atom. The third kappa shape index (κ3) is 4.14. The van der Waals surface area contributed by atoms with Crippen LogP contribution in [0.3, 0.4) is 0 Å². The van der Waals surface area contributed by atoms with Crippen LogP contribution in [0.1, 0.15) is 44.2 Å². The maximum atomic E-state index is 14.7. The van der Waals surface area contributed by atoms with Crippen molar-refractivity contribution in [3.63, 3.8) is 0 Å². The number of anilines is 1. The second-order valence-electron chi connectivity index (χ2n) is 9.35. The summed E-state index contributed by atoms with van der Waals surface area (Å²) in [5.41, 5.74) is 0.523. The van der Waals surface area contributed by atoms with Gasteiger partial charge in [-0.15, -0.1) is 0 Å². The first-order valence-corrected chi connectivity index (χ1v) is 12.0. The molecular formula is C26H26ClF2N3O3. The largest absolute Gasteiger partial charge is 0.473 e. The van der Waals surface area contributed by atoms with Crippen molar-refractivity contribution in [3.8, 4) is 17.4 Å². The van der Waals surface area contributed by atoms with E-state index >= 15 is 0 Å². The van der Waals surface area contributed by atoms with Gasteiger partial charge in [-0.1, -0.05) is 18.5 Å². The van der Waals surface area contributed by atoms with Crippen molar-refractivity contribution in [2.24, 2.45) is 0 Å². The Bertz CT molecular complexity index is 1340. The van der Waals surface area contributed by atoms with E-state index < -0.39 is 17.4 Å². The van der Waals surface area contributed by atoms with Crippen molar-refractivity contribution in [3.05, 3.63) is 74.7 Å². The highest BCUT2D eigenvalue weighted by Gasteiger charge is 2.49. The average molecular weight is 502 g/mol. The highest BCUT2D eigenvalue weighted by molar-refractivity contribution is 6.31. The number of hydrogen-bond acceptors (Lipinski definition) is 5. The van der Waals surface area contributed by atoms with Gasteiger partial charge in [0.1, 0.15) is 18.2 Å².